The van der Waals surface area contributed by atoms with Gasteiger partial charge in [0.1, 0.15) is 0 Å². The van der Waals surface area contributed by atoms with Crippen LogP contribution in [0.1, 0.15) is 13.8 Å². The Morgan fingerprint density at radius 3 is 2.43 bits per heavy atom. The molecule has 0 aromatic rings. The second-order valence-corrected chi connectivity index (χ2v) is 9.01. The molecular weight excluding hydrogens is 246 g/mol. The van der Waals surface area contributed by atoms with Gasteiger partial charge < -0.3 is 0 Å². The van der Waals surface area contributed by atoms with Gasteiger partial charge in [0, 0.05) is 21.1 Å². The van der Waals surface area contributed by atoms with Gasteiger partial charge >= 0.3 is 0 Å². The van der Waals surface area contributed by atoms with Gasteiger partial charge in [0.15, 0.2) is 0 Å². The summed E-state index contributed by atoms with van der Waals surface area (Å²) in [6.45, 7) is 2.98. The largest absolute Gasteiger partial charge is 0.251 e. The Bertz CT molecular complexity index is 528. The molecule has 80 valence electrons. The number of rotatable bonds is 1. The Labute approximate surface area is 85.6 Å². The Kier molecular flexibility index (Phi) is 3.28. The van der Waals surface area contributed by atoms with E-state index in [4.69, 9.17) is 0 Å². The summed E-state index contributed by atoms with van der Waals surface area (Å²) in [5.41, 5.74) is 0. The first-order valence-corrected chi connectivity index (χ1v) is 8.11. The first kappa shape index (κ1) is 11.6. The summed E-state index contributed by atoms with van der Waals surface area (Å²) in [6.07, 6.45) is 1.22. The monoisotopic (exact) mass is 255 g/mol. The molecule has 0 aliphatic carbocycles. The van der Waals surface area contributed by atoms with Gasteiger partial charge in [0.25, 0.3) is 9.26 Å². The smallest absolute Gasteiger partial charge is 0.237 e. The lowest BCUT2D eigenvalue weighted by atomic mass is 10.6. The molecule has 8 heteroatoms. The van der Waals surface area contributed by atoms with E-state index in [0.717, 1.165) is 0 Å². The molecule has 0 saturated carbocycles. The summed E-state index contributed by atoms with van der Waals surface area (Å²) in [7, 11) is -7.43. The van der Waals surface area contributed by atoms with Gasteiger partial charge in [-0.2, -0.15) is 8.42 Å². The molecule has 1 heterocycles. The summed E-state index contributed by atoms with van der Waals surface area (Å²) in [5.74, 6) is 0. The van der Waals surface area contributed by atoms with Gasteiger partial charge in [0.2, 0.25) is 14.2 Å². The van der Waals surface area contributed by atoms with Crippen molar-refractivity contribution in [3.05, 3.63) is 11.6 Å². The average Bonchev–Trinajstić information content (AvgIpc) is 2.51. The quantitative estimate of drug-likeness (QED) is 0.663. The van der Waals surface area contributed by atoms with Crippen LogP contribution in [0.4, 0.5) is 0 Å². The third-order valence-corrected chi connectivity index (χ3v) is 7.73. The maximum absolute atomic E-state index is 11.6. The minimum atomic E-state index is -3.56. The molecule has 0 spiro atoms. The molecule has 14 heavy (non-hydrogen) atoms. The van der Waals surface area contributed by atoms with Crippen molar-refractivity contribution in [3.8, 4) is 0 Å². The van der Waals surface area contributed by atoms with E-state index in [1.165, 1.54) is 25.5 Å². The highest BCUT2D eigenvalue weighted by Crippen LogP contribution is 2.13. The summed E-state index contributed by atoms with van der Waals surface area (Å²) in [4.78, 5) is 3.60. The predicted molar refractivity (Wildman–Crippen MR) is 56.9 cm³/mol. The summed E-state index contributed by atoms with van der Waals surface area (Å²) in [5, 5.41) is 0.623. The van der Waals surface area contributed by atoms with E-state index in [0.29, 0.717) is 0 Å². The molecule has 0 fully saturated rings. The van der Waals surface area contributed by atoms with Gasteiger partial charge in [-0.15, -0.1) is 0 Å². The molecular formula is C6H9NO4S3. The lowest BCUT2D eigenvalue weighted by Gasteiger charge is -2.06. The normalized spacial score (nSPS) is 21.4. The van der Waals surface area contributed by atoms with E-state index < -0.39 is 33.8 Å². The Balaban J connectivity index is 3.38. The predicted octanol–water partition coefficient (Wildman–Crippen LogP) is 0.0628. The number of hydrogen-bond acceptors (Lipinski definition) is 5. The van der Waals surface area contributed by atoms with E-state index in [1.807, 2.05) is 0 Å². The Morgan fingerprint density at radius 1 is 1.43 bits per heavy atom. The third kappa shape index (κ3) is 1.96. The second-order valence-electron chi connectivity index (χ2n) is 2.78. The van der Waals surface area contributed by atoms with Crippen molar-refractivity contribution >= 4 is 32.9 Å². The molecule has 0 saturated heterocycles. The fraction of sp³-hybridized carbons (Fsp3) is 0.500. The van der Waals surface area contributed by atoms with Crippen LogP contribution in [-0.2, 0) is 28.6 Å². The van der Waals surface area contributed by atoms with Crippen LogP contribution < -0.4 is 0 Å². The fourth-order valence-electron chi connectivity index (χ4n) is 0.750. The molecule has 0 aromatic carbocycles. The minimum Gasteiger partial charge on any atom is -0.237 e. The number of aliphatic imine (C=N–C) groups is 1. The van der Waals surface area contributed by atoms with Crippen molar-refractivity contribution in [3.63, 3.8) is 0 Å². The molecule has 1 rings (SSSR count). The standard InChI is InChI=1S/C6H9NO4S3/c1-5(2)14(10,11)6-7-3-4-12(6)13(8)9/h3-5H,1-2H3. The first-order valence-electron chi connectivity index (χ1n) is 3.68. The topological polar surface area (TPSA) is 80.6 Å². The van der Waals surface area contributed by atoms with Crippen LogP contribution in [0.5, 0.6) is 0 Å². The van der Waals surface area contributed by atoms with Gasteiger partial charge in [-0.05, 0) is 13.8 Å². The van der Waals surface area contributed by atoms with Crippen molar-refractivity contribution in [1.82, 2.24) is 0 Å². The third-order valence-electron chi connectivity index (χ3n) is 1.55. The lowest BCUT2D eigenvalue weighted by molar-refractivity contribution is 0.599. The molecule has 1 aliphatic heterocycles. The van der Waals surface area contributed by atoms with Crippen molar-refractivity contribution in [1.29, 1.82) is 0 Å². The molecule has 0 bridgehead atoms. The SMILES string of the molecule is CC(C)S(=O)(=O)C1=NC=CS1=S(=O)=O. The van der Waals surface area contributed by atoms with Crippen molar-refractivity contribution in [2.45, 2.75) is 19.1 Å². The van der Waals surface area contributed by atoms with Gasteiger partial charge in [-0.1, -0.05) is 0 Å². The zero-order valence-electron chi connectivity index (χ0n) is 7.54. The zero-order chi connectivity index (χ0) is 10.9. The second kappa shape index (κ2) is 3.95. The van der Waals surface area contributed by atoms with E-state index >= 15 is 0 Å². The number of sulfone groups is 1. The molecule has 1 atom stereocenters. The molecule has 0 N–H and O–H groups in total. The highest BCUT2D eigenvalue weighted by atomic mass is 32.9. The van der Waals surface area contributed by atoms with Crippen molar-refractivity contribution in [2.24, 2.45) is 4.99 Å². The maximum Gasteiger partial charge on any atom is 0.251 e. The van der Waals surface area contributed by atoms with Gasteiger partial charge in [-0.25, -0.2) is 13.4 Å². The summed E-state index contributed by atoms with van der Waals surface area (Å²) >= 11 is 0. The van der Waals surface area contributed by atoms with Crippen molar-refractivity contribution < 1.29 is 16.8 Å². The van der Waals surface area contributed by atoms with E-state index in [9.17, 15) is 16.8 Å². The number of hydrogen-bond donors (Lipinski definition) is 0. The first-order chi connectivity index (χ1) is 6.37. The van der Waals surface area contributed by atoms with E-state index in [2.05, 4.69) is 4.99 Å². The van der Waals surface area contributed by atoms with Gasteiger partial charge in [-0.3, -0.25) is 0 Å². The van der Waals surface area contributed by atoms with Crippen LogP contribution in [0.2, 0.25) is 0 Å². The number of nitrogens with zero attached hydrogens (tertiary/aromatic N) is 1. The lowest BCUT2D eigenvalue weighted by Crippen LogP contribution is -2.25. The molecule has 0 amide bonds. The highest BCUT2D eigenvalue weighted by molar-refractivity contribution is 8.52. The van der Waals surface area contributed by atoms with Crippen molar-refractivity contribution in [2.75, 3.05) is 0 Å². The van der Waals surface area contributed by atoms with Crippen LogP contribution >= 0.6 is 0 Å². The average molecular weight is 255 g/mol. The van der Waals surface area contributed by atoms with E-state index in [-0.39, 0.29) is 4.38 Å². The van der Waals surface area contributed by atoms with Crippen LogP contribution in [0.3, 0.4) is 0 Å². The molecule has 0 aromatic heterocycles. The molecule has 5 nitrogen and oxygen atoms in total. The van der Waals surface area contributed by atoms with Gasteiger partial charge in [0.05, 0.1) is 5.25 Å². The highest BCUT2D eigenvalue weighted by Gasteiger charge is 2.29. The fourth-order valence-corrected chi connectivity index (χ4v) is 5.93. The molecule has 1 aliphatic rings. The summed E-state index contributed by atoms with van der Waals surface area (Å²) < 4.78 is 44.4. The zero-order valence-corrected chi connectivity index (χ0v) is 9.99. The van der Waals surface area contributed by atoms with Crippen LogP contribution in [0, 0.1) is 0 Å². The summed E-state index contributed by atoms with van der Waals surface area (Å²) in [6, 6.07) is 0. The molecule has 1 unspecified atom stereocenters. The van der Waals surface area contributed by atoms with Crippen LogP contribution in [-0.4, -0.2) is 26.5 Å². The minimum absolute atomic E-state index is 0.249. The molecule has 0 radical (unpaired) electrons. The maximum atomic E-state index is 11.6. The Hall–Kier alpha value is -0.470. The Morgan fingerprint density at radius 2 is 2.00 bits per heavy atom. The van der Waals surface area contributed by atoms with Crippen LogP contribution in [0.25, 0.3) is 0 Å². The van der Waals surface area contributed by atoms with Crippen LogP contribution in [0.15, 0.2) is 16.6 Å². The van der Waals surface area contributed by atoms with E-state index in [1.54, 1.807) is 0 Å².